The smallest absolute Gasteiger partial charge is 0.118 e. The molecule has 0 spiro atoms. The molecule has 3 rings (SSSR count). The summed E-state index contributed by atoms with van der Waals surface area (Å²) in [6.45, 7) is 7.19. The average Bonchev–Trinajstić information content (AvgIpc) is 2.95. The highest BCUT2D eigenvalue weighted by Gasteiger charge is 2.33. The SMILES string of the molecule is COc1ccc(/C=C/CN2CC3CCCN3C[C@@H]2C)cc1. The van der Waals surface area contributed by atoms with Crippen molar-refractivity contribution in [1.82, 2.24) is 9.80 Å². The van der Waals surface area contributed by atoms with E-state index in [9.17, 15) is 0 Å². The fraction of sp³-hybridized carbons (Fsp3) is 0.556. The molecule has 3 nitrogen and oxygen atoms in total. The zero-order chi connectivity index (χ0) is 14.7. The van der Waals surface area contributed by atoms with Crippen molar-refractivity contribution in [3.8, 4) is 5.75 Å². The number of benzene rings is 1. The normalized spacial score (nSPS) is 27.1. The maximum absolute atomic E-state index is 5.19. The molecule has 0 bridgehead atoms. The lowest BCUT2D eigenvalue weighted by Gasteiger charge is -2.41. The second-order valence-corrected chi connectivity index (χ2v) is 6.27. The van der Waals surface area contributed by atoms with Gasteiger partial charge in [0.2, 0.25) is 0 Å². The minimum atomic E-state index is 0.667. The highest BCUT2D eigenvalue weighted by Crippen LogP contribution is 2.24. The van der Waals surface area contributed by atoms with E-state index in [1.54, 1.807) is 7.11 Å². The van der Waals surface area contributed by atoms with Crippen LogP contribution < -0.4 is 4.74 Å². The van der Waals surface area contributed by atoms with Gasteiger partial charge in [-0.2, -0.15) is 0 Å². The van der Waals surface area contributed by atoms with Crippen molar-refractivity contribution in [3.63, 3.8) is 0 Å². The highest BCUT2D eigenvalue weighted by molar-refractivity contribution is 5.50. The molecular formula is C18H26N2O. The van der Waals surface area contributed by atoms with E-state index in [0.29, 0.717) is 6.04 Å². The van der Waals surface area contributed by atoms with Crippen LogP contribution in [0.15, 0.2) is 30.3 Å². The molecule has 0 amide bonds. The summed E-state index contributed by atoms with van der Waals surface area (Å²) in [6, 6.07) is 9.70. The van der Waals surface area contributed by atoms with Gasteiger partial charge in [-0.1, -0.05) is 24.3 Å². The molecule has 21 heavy (non-hydrogen) atoms. The monoisotopic (exact) mass is 286 g/mol. The third-order valence-electron chi connectivity index (χ3n) is 4.83. The van der Waals surface area contributed by atoms with Crippen molar-refractivity contribution in [2.24, 2.45) is 0 Å². The molecule has 2 saturated heterocycles. The Kier molecular flexibility index (Phi) is 4.61. The fourth-order valence-corrected chi connectivity index (χ4v) is 3.54. The van der Waals surface area contributed by atoms with E-state index < -0.39 is 0 Å². The maximum Gasteiger partial charge on any atom is 0.118 e. The van der Waals surface area contributed by atoms with Crippen LogP contribution in [0.4, 0.5) is 0 Å². The van der Waals surface area contributed by atoms with Gasteiger partial charge in [0.25, 0.3) is 0 Å². The molecule has 2 aliphatic heterocycles. The van der Waals surface area contributed by atoms with Crippen LogP contribution in [0, 0.1) is 0 Å². The lowest BCUT2D eigenvalue weighted by Crippen LogP contribution is -2.54. The van der Waals surface area contributed by atoms with Crippen LogP contribution in [0.2, 0.25) is 0 Å². The molecular weight excluding hydrogens is 260 g/mol. The number of hydrogen-bond acceptors (Lipinski definition) is 3. The molecule has 1 aromatic rings. The number of ether oxygens (including phenoxy) is 1. The zero-order valence-electron chi connectivity index (χ0n) is 13.2. The Balaban J connectivity index is 1.54. The maximum atomic E-state index is 5.19. The topological polar surface area (TPSA) is 15.7 Å². The summed E-state index contributed by atoms with van der Waals surface area (Å²) in [6.07, 6.45) is 7.27. The van der Waals surface area contributed by atoms with E-state index in [1.165, 1.54) is 38.0 Å². The van der Waals surface area contributed by atoms with Gasteiger partial charge < -0.3 is 4.74 Å². The Morgan fingerprint density at radius 1 is 1.24 bits per heavy atom. The van der Waals surface area contributed by atoms with Gasteiger partial charge in [0, 0.05) is 31.7 Å². The standard InChI is InChI=1S/C18H26N2O/c1-15-13-20-12-4-6-17(20)14-19(15)11-3-5-16-7-9-18(21-2)10-8-16/h3,5,7-10,15,17H,4,6,11-14H2,1-2H3/b5-3+/t15-,17?/m0/s1. The zero-order valence-corrected chi connectivity index (χ0v) is 13.2. The Labute approximate surface area is 128 Å². The van der Waals surface area contributed by atoms with E-state index in [1.807, 2.05) is 12.1 Å². The molecule has 2 atom stereocenters. The summed E-state index contributed by atoms with van der Waals surface area (Å²) in [7, 11) is 1.70. The van der Waals surface area contributed by atoms with Crippen molar-refractivity contribution < 1.29 is 4.74 Å². The van der Waals surface area contributed by atoms with Crippen LogP contribution >= 0.6 is 0 Å². The number of piperazine rings is 1. The molecule has 2 aliphatic rings. The third kappa shape index (κ3) is 3.47. The summed E-state index contributed by atoms with van der Waals surface area (Å²) in [4.78, 5) is 5.29. The molecule has 0 radical (unpaired) electrons. The molecule has 3 heteroatoms. The van der Waals surface area contributed by atoms with Crippen LogP contribution in [0.1, 0.15) is 25.3 Å². The van der Waals surface area contributed by atoms with Crippen molar-refractivity contribution in [3.05, 3.63) is 35.9 Å². The summed E-state index contributed by atoms with van der Waals surface area (Å²) in [5, 5.41) is 0. The van der Waals surface area contributed by atoms with Crippen LogP contribution in [0.3, 0.4) is 0 Å². The molecule has 0 N–H and O–H groups in total. The van der Waals surface area contributed by atoms with Gasteiger partial charge in [0.05, 0.1) is 7.11 Å². The van der Waals surface area contributed by atoms with Crippen LogP contribution in [-0.4, -0.2) is 55.2 Å². The minimum Gasteiger partial charge on any atom is -0.497 e. The van der Waals surface area contributed by atoms with E-state index in [-0.39, 0.29) is 0 Å². The number of methoxy groups -OCH3 is 1. The first-order valence-electron chi connectivity index (χ1n) is 8.05. The molecule has 0 saturated carbocycles. The van der Waals surface area contributed by atoms with Crippen molar-refractivity contribution in [1.29, 1.82) is 0 Å². The van der Waals surface area contributed by atoms with E-state index >= 15 is 0 Å². The molecule has 2 heterocycles. The van der Waals surface area contributed by atoms with Crippen LogP contribution in [0.5, 0.6) is 5.75 Å². The van der Waals surface area contributed by atoms with Crippen LogP contribution in [-0.2, 0) is 0 Å². The summed E-state index contributed by atoms with van der Waals surface area (Å²) >= 11 is 0. The molecule has 0 aliphatic carbocycles. The van der Waals surface area contributed by atoms with Crippen LogP contribution in [0.25, 0.3) is 6.08 Å². The number of nitrogens with zero attached hydrogens (tertiary/aromatic N) is 2. The summed E-state index contributed by atoms with van der Waals surface area (Å²) in [5.41, 5.74) is 1.24. The van der Waals surface area contributed by atoms with E-state index in [4.69, 9.17) is 4.74 Å². The number of rotatable bonds is 4. The predicted molar refractivity (Wildman–Crippen MR) is 87.7 cm³/mol. The Morgan fingerprint density at radius 3 is 2.81 bits per heavy atom. The number of hydrogen-bond donors (Lipinski definition) is 0. The molecule has 114 valence electrons. The summed E-state index contributed by atoms with van der Waals surface area (Å²) in [5.74, 6) is 0.915. The van der Waals surface area contributed by atoms with Crippen molar-refractivity contribution in [2.45, 2.75) is 31.8 Å². The second-order valence-electron chi connectivity index (χ2n) is 6.27. The van der Waals surface area contributed by atoms with Gasteiger partial charge in [-0.25, -0.2) is 0 Å². The second kappa shape index (κ2) is 6.63. The lowest BCUT2D eigenvalue weighted by molar-refractivity contribution is 0.0686. The van der Waals surface area contributed by atoms with Gasteiger partial charge in [0.15, 0.2) is 0 Å². The Morgan fingerprint density at radius 2 is 2.05 bits per heavy atom. The highest BCUT2D eigenvalue weighted by atomic mass is 16.5. The van der Waals surface area contributed by atoms with Gasteiger partial charge in [-0.3, -0.25) is 9.80 Å². The molecule has 1 aromatic carbocycles. The van der Waals surface area contributed by atoms with Crippen molar-refractivity contribution >= 4 is 6.08 Å². The average molecular weight is 286 g/mol. The van der Waals surface area contributed by atoms with Gasteiger partial charge in [-0.15, -0.1) is 0 Å². The first-order valence-corrected chi connectivity index (χ1v) is 8.05. The largest absolute Gasteiger partial charge is 0.497 e. The van der Waals surface area contributed by atoms with Gasteiger partial charge >= 0.3 is 0 Å². The predicted octanol–water partition coefficient (Wildman–Crippen LogP) is 2.88. The molecule has 1 unspecified atom stereocenters. The molecule has 0 aromatic heterocycles. The quantitative estimate of drug-likeness (QED) is 0.846. The van der Waals surface area contributed by atoms with E-state index in [2.05, 4.69) is 41.0 Å². The van der Waals surface area contributed by atoms with Gasteiger partial charge in [0.1, 0.15) is 5.75 Å². The first-order chi connectivity index (χ1) is 10.3. The Bertz CT molecular complexity index is 482. The minimum absolute atomic E-state index is 0.667. The number of fused-ring (bicyclic) bond motifs is 1. The fourth-order valence-electron chi connectivity index (χ4n) is 3.54. The Hall–Kier alpha value is -1.32. The lowest BCUT2D eigenvalue weighted by atomic mass is 10.1. The summed E-state index contributed by atoms with van der Waals surface area (Å²) < 4.78 is 5.19. The van der Waals surface area contributed by atoms with Crippen molar-refractivity contribution in [2.75, 3.05) is 33.3 Å². The third-order valence-corrected chi connectivity index (χ3v) is 4.83. The first kappa shape index (κ1) is 14.6. The molecule has 2 fully saturated rings. The van der Waals surface area contributed by atoms with Gasteiger partial charge in [-0.05, 0) is 44.0 Å². The van der Waals surface area contributed by atoms with E-state index in [0.717, 1.165) is 18.3 Å².